The molecule has 0 N–H and O–H groups in total. The lowest BCUT2D eigenvalue weighted by molar-refractivity contribution is 0.792. The van der Waals surface area contributed by atoms with Crippen LogP contribution in [0.5, 0.6) is 0 Å². The van der Waals surface area contributed by atoms with Gasteiger partial charge in [-0.2, -0.15) is 0 Å². The number of hydrogen-bond acceptors (Lipinski definition) is 0. The highest BCUT2D eigenvalue weighted by Crippen LogP contribution is 2.57. The largest absolute Gasteiger partial charge is 0.0616 e. The molecular weight excluding hydrogens is 553 g/mol. The Kier molecular flexibility index (Phi) is 5.50. The fourth-order valence-corrected chi connectivity index (χ4v) is 8.53. The van der Waals surface area contributed by atoms with Gasteiger partial charge >= 0.3 is 0 Å². The normalized spacial score (nSPS) is 16.6. The van der Waals surface area contributed by atoms with Gasteiger partial charge in [-0.05, 0) is 93.3 Å². The van der Waals surface area contributed by atoms with E-state index < -0.39 is 0 Å². The molecule has 46 heavy (non-hydrogen) atoms. The number of hydrogen-bond donors (Lipinski definition) is 0. The maximum absolute atomic E-state index is 2.38. The Morgan fingerprint density at radius 3 is 1.65 bits per heavy atom. The van der Waals surface area contributed by atoms with Gasteiger partial charge in [-0.25, -0.2) is 0 Å². The van der Waals surface area contributed by atoms with Crippen LogP contribution >= 0.6 is 0 Å². The lowest BCUT2D eigenvalue weighted by atomic mass is 9.70. The molecular formula is C46H30. The first-order chi connectivity index (χ1) is 22.8. The van der Waals surface area contributed by atoms with Crippen molar-refractivity contribution in [3.05, 3.63) is 203 Å². The predicted molar refractivity (Wildman–Crippen MR) is 193 cm³/mol. The van der Waals surface area contributed by atoms with Gasteiger partial charge in [-0.3, -0.25) is 0 Å². The van der Waals surface area contributed by atoms with E-state index in [-0.39, 0.29) is 11.8 Å². The Labute approximate surface area is 268 Å². The first-order valence-corrected chi connectivity index (χ1v) is 16.3. The molecule has 2 aliphatic carbocycles. The molecule has 214 valence electrons. The van der Waals surface area contributed by atoms with Crippen molar-refractivity contribution in [2.24, 2.45) is 0 Å². The Morgan fingerprint density at radius 1 is 0.326 bits per heavy atom. The number of rotatable bonds is 3. The summed E-state index contributed by atoms with van der Waals surface area (Å²) in [5, 5.41) is 10.6. The Bertz CT molecular complexity index is 2630. The highest BCUT2D eigenvalue weighted by atomic mass is 14.4. The molecule has 0 nitrogen and oxygen atoms in total. The van der Waals surface area contributed by atoms with E-state index in [0.29, 0.717) is 0 Å². The maximum Gasteiger partial charge on any atom is 0.0218 e. The molecule has 8 aromatic carbocycles. The Morgan fingerprint density at radius 2 is 0.870 bits per heavy atom. The first kappa shape index (κ1) is 25.6. The van der Waals surface area contributed by atoms with Gasteiger partial charge in [0.15, 0.2) is 0 Å². The summed E-state index contributed by atoms with van der Waals surface area (Å²) in [4.78, 5) is 0. The molecule has 2 unspecified atom stereocenters. The average Bonchev–Trinajstić information content (AvgIpc) is 3.45. The number of fused-ring (bicyclic) bond motifs is 6. The van der Waals surface area contributed by atoms with Crippen LogP contribution in [0.1, 0.15) is 34.1 Å². The third kappa shape index (κ3) is 3.68. The SMILES string of the molecule is c1ccc2c(c1)=C(c1ccc(-c3ccc4ccccc4c3)cc1)C1c3cccc4cccc(c34)C1C=2c1cccc2ccccc12. The summed E-state index contributed by atoms with van der Waals surface area (Å²) in [7, 11) is 0. The van der Waals surface area contributed by atoms with Gasteiger partial charge in [0.25, 0.3) is 0 Å². The van der Waals surface area contributed by atoms with Gasteiger partial charge in [0.2, 0.25) is 0 Å². The zero-order valence-corrected chi connectivity index (χ0v) is 25.3. The molecule has 0 saturated heterocycles. The smallest absolute Gasteiger partial charge is 0.0218 e. The minimum absolute atomic E-state index is 0.219. The topological polar surface area (TPSA) is 0 Å². The van der Waals surface area contributed by atoms with Crippen molar-refractivity contribution in [2.45, 2.75) is 11.8 Å². The minimum atomic E-state index is 0.219. The summed E-state index contributed by atoms with van der Waals surface area (Å²) in [5.74, 6) is 0.438. The van der Waals surface area contributed by atoms with Gasteiger partial charge in [0, 0.05) is 11.8 Å². The van der Waals surface area contributed by atoms with Crippen molar-refractivity contribution in [3.8, 4) is 11.1 Å². The second-order valence-electron chi connectivity index (χ2n) is 12.8. The van der Waals surface area contributed by atoms with Gasteiger partial charge < -0.3 is 0 Å². The van der Waals surface area contributed by atoms with Crippen LogP contribution in [0.2, 0.25) is 0 Å². The molecule has 0 aliphatic heterocycles. The monoisotopic (exact) mass is 582 g/mol. The summed E-state index contributed by atoms with van der Waals surface area (Å²) in [6.07, 6.45) is 0. The predicted octanol–water partition coefficient (Wildman–Crippen LogP) is 10.1. The summed E-state index contributed by atoms with van der Waals surface area (Å²) in [6, 6.07) is 63.4. The van der Waals surface area contributed by atoms with Crippen molar-refractivity contribution in [2.75, 3.05) is 0 Å². The molecule has 0 aromatic heterocycles. The molecule has 2 aliphatic rings. The van der Waals surface area contributed by atoms with Crippen molar-refractivity contribution < 1.29 is 0 Å². The van der Waals surface area contributed by atoms with Gasteiger partial charge in [-0.1, -0.05) is 164 Å². The number of benzene rings is 8. The van der Waals surface area contributed by atoms with Crippen LogP contribution in [-0.4, -0.2) is 0 Å². The summed E-state index contributed by atoms with van der Waals surface area (Å²) in [5.41, 5.74) is 10.9. The second-order valence-corrected chi connectivity index (χ2v) is 12.8. The standard InChI is InChI=1S/C46H30/c1-2-12-34-28-35(27-24-29(34)10-1)30-22-25-33(26-23-30)43-38-17-5-6-18-39(38)44(37-19-7-13-31-11-3-4-16-36(31)37)46-41-21-9-15-32-14-8-20-40(42(32)41)45(43)46/h1-28,45-46H. The van der Waals surface area contributed by atoms with Crippen molar-refractivity contribution in [3.63, 3.8) is 0 Å². The molecule has 2 atom stereocenters. The Balaban J connectivity index is 1.27. The van der Waals surface area contributed by atoms with E-state index >= 15 is 0 Å². The molecule has 0 saturated carbocycles. The van der Waals surface area contributed by atoms with Crippen molar-refractivity contribution in [1.29, 1.82) is 0 Å². The van der Waals surface area contributed by atoms with Crippen LogP contribution < -0.4 is 10.4 Å². The van der Waals surface area contributed by atoms with Crippen LogP contribution in [0.25, 0.3) is 54.6 Å². The zero-order valence-electron chi connectivity index (χ0n) is 25.3. The lowest BCUT2D eigenvalue weighted by Gasteiger charge is -2.32. The van der Waals surface area contributed by atoms with Gasteiger partial charge in [0.05, 0.1) is 0 Å². The third-order valence-electron chi connectivity index (χ3n) is 10.5. The van der Waals surface area contributed by atoms with Gasteiger partial charge in [0.1, 0.15) is 0 Å². The highest BCUT2D eigenvalue weighted by Gasteiger charge is 2.42. The molecule has 0 bridgehead atoms. The summed E-state index contributed by atoms with van der Waals surface area (Å²) in [6.45, 7) is 0. The van der Waals surface area contributed by atoms with E-state index in [9.17, 15) is 0 Å². The first-order valence-electron chi connectivity index (χ1n) is 16.3. The molecule has 0 fully saturated rings. The quantitative estimate of drug-likeness (QED) is 0.194. The molecule has 0 heterocycles. The van der Waals surface area contributed by atoms with Crippen LogP contribution in [-0.2, 0) is 0 Å². The average molecular weight is 583 g/mol. The van der Waals surface area contributed by atoms with E-state index in [4.69, 9.17) is 0 Å². The fraction of sp³-hybridized carbons (Fsp3) is 0.0435. The minimum Gasteiger partial charge on any atom is -0.0616 e. The van der Waals surface area contributed by atoms with E-state index in [2.05, 4.69) is 170 Å². The molecule has 0 amide bonds. The molecule has 8 aromatic rings. The van der Waals surface area contributed by atoms with Gasteiger partial charge in [-0.15, -0.1) is 0 Å². The molecule has 0 heteroatoms. The van der Waals surface area contributed by atoms with Crippen LogP contribution in [0.4, 0.5) is 0 Å². The maximum atomic E-state index is 2.38. The highest BCUT2D eigenvalue weighted by molar-refractivity contribution is 6.03. The summed E-state index contributed by atoms with van der Waals surface area (Å²) >= 11 is 0. The summed E-state index contributed by atoms with van der Waals surface area (Å²) < 4.78 is 0. The van der Waals surface area contributed by atoms with E-state index in [1.807, 2.05) is 0 Å². The van der Waals surface area contributed by atoms with E-state index in [1.165, 1.54) is 87.3 Å². The lowest BCUT2D eigenvalue weighted by Crippen LogP contribution is -2.38. The Hall–Kier alpha value is -5.72. The molecule has 10 rings (SSSR count). The van der Waals surface area contributed by atoms with Crippen molar-refractivity contribution >= 4 is 43.5 Å². The van der Waals surface area contributed by atoms with Crippen LogP contribution in [0.3, 0.4) is 0 Å². The van der Waals surface area contributed by atoms with Crippen LogP contribution in [0, 0.1) is 0 Å². The zero-order chi connectivity index (χ0) is 30.2. The molecule has 0 spiro atoms. The second kappa shape index (κ2) is 9.89. The van der Waals surface area contributed by atoms with E-state index in [0.717, 1.165) is 0 Å². The molecule has 0 radical (unpaired) electrons. The van der Waals surface area contributed by atoms with Crippen molar-refractivity contribution in [1.82, 2.24) is 0 Å². The van der Waals surface area contributed by atoms with E-state index in [1.54, 1.807) is 0 Å². The fourth-order valence-electron chi connectivity index (χ4n) is 8.53. The van der Waals surface area contributed by atoms with Crippen LogP contribution in [0.15, 0.2) is 170 Å². The third-order valence-corrected chi connectivity index (χ3v) is 10.5.